The summed E-state index contributed by atoms with van der Waals surface area (Å²) in [5.74, 6) is 0. The molecule has 0 amide bonds. The van der Waals surface area contributed by atoms with E-state index in [0.717, 1.165) is 10.6 Å². The van der Waals surface area contributed by atoms with Crippen LogP contribution in [0.1, 0.15) is 53.7 Å². The Kier molecular flexibility index (Phi) is 5.08. The molecule has 0 aliphatic carbocycles. The standard InChI is InChI=1S/C19H24ClN/c1-12-10-13(2)19(14(3)11-12)16(5)21-15(4)17-8-6-7-9-18(17)20/h6-11,15-16,21H,1-5H3/t15-,16?/m0/s1. The molecule has 0 aliphatic rings. The Morgan fingerprint density at radius 1 is 0.905 bits per heavy atom. The molecule has 0 saturated heterocycles. The monoisotopic (exact) mass is 301 g/mol. The van der Waals surface area contributed by atoms with Gasteiger partial charge in [0.2, 0.25) is 0 Å². The Morgan fingerprint density at radius 2 is 1.48 bits per heavy atom. The van der Waals surface area contributed by atoms with Crippen molar-refractivity contribution in [2.75, 3.05) is 0 Å². The van der Waals surface area contributed by atoms with Crippen LogP contribution < -0.4 is 5.32 Å². The molecule has 1 N–H and O–H groups in total. The summed E-state index contributed by atoms with van der Waals surface area (Å²) in [6.07, 6.45) is 0. The van der Waals surface area contributed by atoms with E-state index >= 15 is 0 Å². The summed E-state index contributed by atoms with van der Waals surface area (Å²) in [6, 6.07) is 13.0. The van der Waals surface area contributed by atoms with Gasteiger partial charge in [-0.25, -0.2) is 0 Å². The molecule has 1 unspecified atom stereocenters. The molecular weight excluding hydrogens is 278 g/mol. The Bertz CT molecular complexity index is 610. The van der Waals surface area contributed by atoms with E-state index in [4.69, 9.17) is 11.6 Å². The van der Waals surface area contributed by atoms with Crippen LogP contribution in [0, 0.1) is 20.8 Å². The molecule has 0 aromatic heterocycles. The molecule has 0 saturated carbocycles. The van der Waals surface area contributed by atoms with E-state index in [2.05, 4.69) is 58.1 Å². The van der Waals surface area contributed by atoms with Gasteiger partial charge in [-0.1, -0.05) is 47.5 Å². The van der Waals surface area contributed by atoms with Crippen LogP contribution in [-0.2, 0) is 0 Å². The lowest BCUT2D eigenvalue weighted by Gasteiger charge is -2.24. The molecule has 2 atom stereocenters. The van der Waals surface area contributed by atoms with Crippen molar-refractivity contribution in [3.63, 3.8) is 0 Å². The van der Waals surface area contributed by atoms with Crippen LogP contribution in [-0.4, -0.2) is 0 Å². The number of aryl methyl sites for hydroxylation is 3. The second kappa shape index (κ2) is 6.64. The van der Waals surface area contributed by atoms with Crippen LogP contribution in [0.3, 0.4) is 0 Å². The minimum absolute atomic E-state index is 0.216. The molecule has 2 aromatic rings. The predicted octanol–water partition coefficient (Wildman–Crippen LogP) is 5.68. The molecule has 21 heavy (non-hydrogen) atoms. The summed E-state index contributed by atoms with van der Waals surface area (Å²) in [5.41, 5.74) is 6.55. The Hall–Kier alpha value is -1.31. The highest BCUT2D eigenvalue weighted by Crippen LogP contribution is 2.28. The van der Waals surface area contributed by atoms with E-state index in [0.29, 0.717) is 0 Å². The van der Waals surface area contributed by atoms with Gasteiger partial charge in [0.25, 0.3) is 0 Å². The zero-order valence-corrected chi connectivity index (χ0v) is 14.3. The molecule has 1 nitrogen and oxygen atoms in total. The van der Waals surface area contributed by atoms with Crippen molar-refractivity contribution in [1.82, 2.24) is 5.32 Å². The molecular formula is C19H24ClN. The fourth-order valence-corrected chi connectivity index (χ4v) is 3.55. The zero-order chi connectivity index (χ0) is 15.6. The van der Waals surface area contributed by atoms with E-state index in [1.165, 1.54) is 22.3 Å². The van der Waals surface area contributed by atoms with Gasteiger partial charge in [-0.15, -0.1) is 0 Å². The van der Waals surface area contributed by atoms with E-state index in [1.807, 2.05) is 18.2 Å². The van der Waals surface area contributed by atoms with Gasteiger partial charge in [0.05, 0.1) is 0 Å². The fraction of sp³-hybridized carbons (Fsp3) is 0.368. The third-order valence-corrected chi connectivity index (χ3v) is 4.39. The lowest BCUT2D eigenvalue weighted by Crippen LogP contribution is -2.24. The molecule has 0 radical (unpaired) electrons. The second-order valence-corrected chi connectivity index (χ2v) is 6.35. The van der Waals surface area contributed by atoms with Gasteiger partial charge in [0.15, 0.2) is 0 Å². The maximum atomic E-state index is 6.29. The number of halogens is 1. The van der Waals surface area contributed by atoms with E-state index in [-0.39, 0.29) is 12.1 Å². The topological polar surface area (TPSA) is 12.0 Å². The maximum absolute atomic E-state index is 6.29. The first-order chi connectivity index (χ1) is 9.90. The summed E-state index contributed by atoms with van der Waals surface area (Å²) in [7, 11) is 0. The molecule has 0 spiro atoms. The summed E-state index contributed by atoms with van der Waals surface area (Å²) in [5, 5.41) is 4.49. The van der Waals surface area contributed by atoms with Gasteiger partial charge >= 0.3 is 0 Å². The minimum Gasteiger partial charge on any atom is -0.304 e. The first-order valence-electron chi connectivity index (χ1n) is 7.48. The van der Waals surface area contributed by atoms with E-state index < -0.39 is 0 Å². The average Bonchev–Trinajstić information content (AvgIpc) is 2.37. The van der Waals surface area contributed by atoms with Crippen molar-refractivity contribution >= 4 is 11.6 Å². The molecule has 0 fully saturated rings. The van der Waals surface area contributed by atoms with Crippen LogP contribution in [0.15, 0.2) is 36.4 Å². The van der Waals surface area contributed by atoms with Gasteiger partial charge in [-0.3, -0.25) is 0 Å². The Labute approximate surface area is 133 Å². The Morgan fingerprint density at radius 3 is 2.05 bits per heavy atom. The van der Waals surface area contributed by atoms with Crippen molar-refractivity contribution in [3.8, 4) is 0 Å². The second-order valence-electron chi connectivity index (χ2n) is 5.94. The summed E-state index contributed by atoms with van der Waals surface area (Å²) in [6.45, 7) is 10.9. The van der Waals surface area contributed by atoms with Crippen LogP contribution in [0.5, 0.6) is 0 Å². The molecule has 2 rings (SSSR count). The van der Waals surface area contributed by atoms with Crippen molar-refractivity contribution in [3.05, 3.63) is 69.2 Å². The largest absolute Gasteiger partial charge is 0.304 e. The minimum atomic E-state index is 0.216. The highest BCUT2D eigenvalue weighted by molar-refractivity contribution is 6.31. The number of hydrogen-bond donors (Lipinski definition) is 1. The summed E-state index contributed by atoms with van der Waals surface area (Å²) in [4.78, 5) is 0. The molecule has 2 heteroatoms. The highest BCUT2D eigenvalue weighted by atomic mass is 35.5. The van der Waals surface area contributed by atoms with Crippen LogP contribution in [0.25, 0.3) is 0 Å². The molecule has 2 aromatic carbocycles. The van der Waals surface area contributed by atoms with E-state index in [9.17, 15) is 0 Å². The van der Waals surface area contributed by atoms with Crippen molar-refractivity contribution in [2.45, 2.75) is 46.7 Å². The van der Waals surface area contributed by atoms with Crippen LogP contribution in [0.4, 0.5) is 0 Å². The average molecular weight is 302 g/mol. The van der Waals surface area contributed by atoms with Crippen LogP contribution >= 0.6 is 11.6 Å². The normalized spacial score (nSPS) is 14.0. The molecule has 0 bridgehead atoms. The molecule has 0 heterocycles. The van der Waals surface area contributed by atoms with Gasteiger partial charge in [-0.05, 0) is 62.9 Å². The molecule has 0 aliphatic heterocycles. The van der Waals surface area contributed by atoms with Crippen molar-refractivity contribution < 1.29 is 0 Å². The fourth-order valence-electron chi connectivity index (χ4n) is 3.25. The summed E-state index contributed by atoms with van der Waals surface area (Å²) < 4.78 is 0. The van der Waals surface area contributed by atoms with Gasteiger partial charge in [0.1, 0.15) is 0 Å². The summed E-state index contributed by atoms with van der Waals surface area (Å²) >= 11 is 6.29. The van der Waals surface area contributed by atoms with Gasteiger partial charge in [0, 0.05) is 17.1 Å². The van der Waals surface area contributed by atoms with Crippen molar-refractivity contribution in [2.24, 2.45) is 0 Å². The zero-order valence-electron chi connectivity index (χ0n) is 13.5. The predicted molar refractivity (Wildman–Crippen MR) is 92.1 cm³/mol. The number of rotatable bonds is 4. The Balaban J connectivity index is 2.22. The third kappa shape index (κ3) is 3.66. The number of hydrogen-bond acceptors (Lipinski definition) is 1. The van der Waals surface area contributed by atoms with Crippen LogP contribution in [0.2, 0.25) is 5.02 Å². The lowest BCUT2D eigenvalue weighted by atomic mass is 9.94. The first kappa shape index (κ1) is 16.1. The van der Waals surface area contributed by atoms with Gasteiger partial charge < -0.3 is 5.32 Å². The van der Waals surface area contributed by atoms with E-state index in [1.54, 1.807) is 0 Å². The maximum Gasteiger partial charge on any atom is 0.0453 e. The quantitative estimate of drug-likeness (QED) is 0.766. The number of benzene rings is 2. The number of nitrogens with one attached hydrogen (secondary N) is 1. The SMILES string of the molecule is Cc1cc(C)c(C(C)N[C@@H](C)c2ccccc2Cl)c(C)c1. The smallest absolute Gasteiger partial charge is 0.0453 e. The highest BCUT2D eigenvalue weighted by Gasteiger charge is 2.16. The molecule has 112 valence electrons. The lowest BCUT2D eigenvalue weighted by molar-refractivity contribution is 0.491. The van der Waals surface area contributed by atoms with Crippen molar-refractivity contribution in [1.29, 1.82) is 0 Å². The van der Waals surface area contributed by atoms with Gasteiger partial charge in [-0.2, -0.15) is 0 Å². The first-order valence-corrected chi connectivity index (χ1v) is 7.86. The third-order valence-electron chi connectivity index (χ3n) is 4.04.